The number of aryl methyl sites for hydroxylation is 1. The van der Waals surface area contributed by atoms with E-state index >= 15 is 4.39 Å². The van der Waals surface area contributed by atoms with Gasteiger partial charge in [0.2, 0.25) is 11.9 Å². The lowest BCUT2D eigenvalue weighted by molar-refractivity contribution is -0.128. The van der Waals surface area contributed by atoms with Crippen molar-refractivity contribution in [1.29, 1.82) is 0 Å². The molecule has 0 atom stereocenters. The number of halogens is 7. The standard InChI is InChI=1S/C25H26F7N5O3/c1-24(2,3)22(39)33-9-12-5-6-14(26)20(19(12)29)36-23-35-15-7-13(21(38)34-11-25(30,31)32)17(40-10-18(27)28)8-16(15)37(23)4/h5-8,18H,9-11H2,1-4H3,(H,33,39)(H,34,38)(H,35,36). The molecule has 0 spiro atoms. The number of aromatic nitrogens is 2. The number of fused-ring (bicyclic) bond motifs is 1. The zero-order chi connectivity index (χ0) is 30.0. The van der Waals surface area contributed by atoms with Crippen LogP contribution >= 0.6 is 0 Å². The van der Waals surface area contributed by atoms with Crippen LogP contribution in [0.2, 0.25) is 0 Å². The van der Waals surface area contributed by atoms with Crippen molar-refractivity contribution >= 4 is 34.5 Å². The Morgan fingerprint density at radius 3 is 2.35 bits per heavy atom. The van der Waals surface area contributed by atoms with Crippen molar-refractivity contribution < 1.29 is 45.1 Å². The molecule has 0 unspecified atom stereocenters. The van der Waals surface area contributed by atoms with Gasteiger partial charge in [-0.15, -0.1) is 0 Å². The number of hydrogen-bond donors (Lipinski definition) is 3. The summed E-state index contributed by atoms with van der Waals surface area (Å²) in [5, 5.41) is 6.69. The molecule has 40 heavy (non-hydrogen) atoms. The van der Waals surface area contributed by atoms with Crippen molar-refractivity contribution in [3.05, 3.63) is 47.0 Å². The fourth-order valence-electron chi connectivity index (χ4n) is 3.46. The molecule has 0 aliphatic heterocycles. The number of carbonyl (C=O) groups excluding carboxylic acids is 2. The largest absolute Gasteiger partial charge is 0.487 e. The quantitative estimate of drug-likeness (QED) is 0.304. The highest BCUT2D eigenvalue weighted by Crippen LogP contribution is 2.31. The highest BCUT2D eigenvalue weighted by molar-refractivity contribution is 6.01. The maximum absolute atomic E-state index is 15.2. The number of benzene rings is 2. The van der Waals surface area contributed by atoms with Gasteiger partial charge in [0.15, 0.2) is 5.82 Å². The molecule has 15 heteroatoms. The molecule has 0 aliphatic carbocycles. The van der Waals surface area contributed by atoms with Crippen molar-refractivity contribution in [2.24, 2.45) is 12.5 Å². The fraction of sp³-hybridized carbons (Fsp3) is 0.400. The van der Waals surface area contributed by atoms with Crippen molar-refractivity contribution in [1.82, 2.24) is 20.2 Å². The van der Waals surface area contributed by atoms with E-state index in [4.69, 9.17) is 4.74 Å². The van der Waals surface area contributed by atoms with Crippen LogP contribution in [0.5, 0.6) is 5.75 Å². The molecule has 218 valence electrons. The van der Waals surface area contributed by atoms with Gasteiger partial charge < -0.3 is 25.3 Å². The van der Waals surface area contributed by atoms with Gasteiger partial charge in [-0.25, -0.2) is 22.5 Å². The third-order valence-electron chi connectivity index (χ3n) is 5.57. The second kappa shape index (κ2) is 11.6. The van der Waals surface area contributed by atoms with E-state index < -0.39 is 65.7 Å². The molecule has 0 bridgehead atoms. The number of imidazole rings is 1. The summed E-state index contributed by atoms with van der Waals surface area (Å²) in [5.74, 6) is -4.24. The lowest BCUT2D eigenvalue weighted by atomic mass is 9.95. The van der Waals surface area contributed by atoms with Gasteiger partial charge in [-0.3, -0.25) is 9.59 Å². The van der Waals surface area contributed by atoms with Gasteiger partial charge in [0.05, 0.1) is 16.6 Å². The molecule has 1 aromatic heterocycles. The maximum atomic E-state index is 15.2. The fourth-order valence-corrected chi connectivity index (χ4v) is 3.46. The number of amides is 2. The lowest BCUT2D eigenvalue weighted by Gasteiger charge is -2.18. The van der Waals surface area contributed by atoms with Crippen LogP contribution in [0.1, 0.15) is 36.7 Å². The third kappa shape index (κ3) is 7.33. The second-order valence-electron chi connectivity index (χ2n) is 9.78. The zero-order valence-electron chi connectivity index (χ0n) is 21.8. The van der Waals surface area contributed by atoms with Crippen LogP contribution in [0.3, 0.4) is 0 Å². The van der Waals surface area contributed by atoms with Gasteiger partial charge in [0.25, 0.3) is 12.3 Å². The van der Waals surface area contributed by atoms with Crippen LogP contribution in [0.4, 0.5) is 42.4 Å². The van der Waals surface area contributed by atoms with Gasteiger partial charge in [0, 0.05) is 30.6 Å². The summed E-state index contributed by atoms with van der Waals surface area (Å²) in [6, 6.07) is 4.25. The topological polar surface area (TPSA) is 97.3 Å². The molecule has 1 heterocycles. The predicted molar refractivity (Wildman–Crippen MR) is 132 cm³/mol. The Balaban J connectivity index is 1.98. The Bertz CT molecular complexity index is 1410. The first-order valence-electron chi connectivity index (χ1n) is 11.8. The predicted octanol–water partition coefficient (Wildman–Crippen LogP) is 5.19. The van der Waals surface area contributed by atoms with Crippen LogP contribution in [0.15, 0.2) is 24.3 Å². The minimum atomic E-state index is -4.73. The number of rotatable bonds is 9. The van der Waals surface area contributed by atoms with Crippen molar-refractivity contribution in [2.45, 2.75) is 39.9 Å². The molecule has 8 nitrogen and oxygen atoms in total. The van der Waals surface area contributed by atoms with Crippen LogP contribution in [0, 0.1) is 17.0 Å². The van der Waals surface area contributed by atoms with E-state index in [-0.39, 0.29) is 35.0 Å². The first kappa shape index (κ1) is 30.5. The average Bonchev–Trinajstić information content (AvgIpc) is 3.15. The molecular formula is C25H26F7N5O3. The molecule has 0 saturated heterocycles. The number of nitrogens with one attached hydrogen (secondary N) is 3. The Hall–Kier alpha value is -4.04. The van der Waals surface area contributed by atoms with Gasteiger partial charge in [-0.05, 0) is 12.1 Å². The van der Waals surface area contributed by atoms with Gasteiger partial charge in [-0.1, -0.05) is 26.8 Å². The van der Waals surface area contributed by atoms with Crippen molar-refractivity contribution in [3.63, 3.8) is 0 Å². The van der Waals surface area contributed by atoms with Crippen molar-refractivity contribution in [3.8, 4) is 5.75 Å². The molecule has 2 aromatic carbocycles. The molecular weight excluding hydrogens is 551 g/mol. The molecule has 0 fully saturated rings. The van der Waals surface area contributed by atoms with Crippen LogP contribution in [-0.2, 0) is 18.4 Å². The molecule has 0 saturated carbocycles. The third-order valence-corrected chi connectivity index (χ3v) is 5.57. The summed E-state index contributed by atoms with van der Waals surface area (Å²) in [6.07, 6.45) is -7.68. The molecule has 0 radical (unpaired) electrons. The highest BCUT2D eigenvalue weighted by atomic mass is 19.4. The Labute approximate surface area is 223 Å². The SMILES string of the molecule is Cn1c(Nc2c(F)ccc(CNC(=O)C(C)(C)C)c2F)nc2cc(C(=O)NCC(F)(F)F)c(OCC(F)F)cc21. The first-order valence-corrected chi connectivity index (χ1v) is 11.8. The lowest BCUT2D eigenvalue weighted by Crippen LogP contribution is -2.34. The summed E-state index contributed by atoms with van der Waals surface area (Å²) in [4.78, 5) is 28.7. The smallest absolute Gasteiger partial charge is 0.405 e. The van der Waals surface area contributed by atoms with Crippen LogP contribution in [-0.4, -0.2) is 47.1 Å². The van der Waals surface area contributed by atoms with Gasteiger partial charge in [-0.2, -0.15) is 13.2 Å². The molecule has 3 aromatic rings. The number of ether oxygens (including phenoxy) is 1. The number of alkyl halides is 5. The van der Waals surface area contributed by atoms with Gasteiger partial charge in [0.1, 0.15) is 30.4 Å². The first-order chi connectivity index (χ1) is 18.5. The van der Waals surface area contributed by atoms with E-state index in [1.807, 2.05) is 0 Å². The minimum Gasteiger partial charge on any atom is -0.487 e. The minimum absolute atomic E-state index is 0.0130. The normalized spacial score (nSPS) is 12.1. The van der Waals surface area contributed by atoms with E-state index in [0.29, 0.717) is 0 Å². The number of carbonyl (C=O) groups is 2. The van der Waals surface area contributed by atoms with E-state index in [9.17, 15) is 35.9 Å². The van der Waals surface area contributed by atoms with E-state index in [1.165, 1.54) is 11.6 Å². The average molecular weight is 578 g/mol. The summed E-state index contributed by atoms with van der Waals surface area (Å²) < 4.78 is 99.4. The molecule has 3 rings (SSSR count). The Kier molecular flexibility index (Phi) is 8.84. The summed E-state index contributed by atoms with van der Waals surface area (Å²) in [7, 11) is 1.40. The molecule has 3 N–H and O–H groups in total. The zero-order valence-corrected chi connectivity index (χ0v) is 21.8. The highest BCUT2D eigenvalue weighted by Gasteiger charge is 2.29. The second-order valence-corrected chi connectivity index (χ2v) is 9.78. The monoisotopic (exact) mass is 577 g/mol. The van der Waals surface area contributed by atoms with E-state index in [2.05, 4.69) is 15.6 Å². The summed E-state index contributed by atoms with van der Waals surface area (Å²) in [6.45, 7) is 1.92. The number of hydrogen-bond acceptors (Lipinski definition) is 5. The van der Waals surface area contributed by atoms with Crippen LogP contribution < -0.4 is 20.7 Å². The number of nitrogens with zero attached hydrogens (tertiary/aromatic N) is 2. The molecule has 2 amide bonds. The summed E-state index contributed by atoms with van der Waals surface area (Å²) in [5.41, 5.74) is -1.76. The van der Waals surface area contributed by atoms with Gasteiger partial charge >= 0.3 is 6.18 Å². The molecule has 0 aliphatic rings. The van der Waals surface area contributed by atoms with E-state index in [0.717, 1.165) is 24.3 Å². The number of anilines is 2. The Morgan fingerprint density at radius 2 is 1.75 bits per heavy atom. The summed E-state index contributed by atoms with van der Waals surface area (Å²) >= 11 is 0. The van der Waals surface area contributed by atoms with Crippen molar-refractivity contribution in [2.75, 3.05) is 18.5 Å². The maximum Gasteiger partial charge on any atom is 0.405 e. The Morgan fingerprint density at radius 1 is 1.07 bits per heavy atom. The van der Waals surface area contributed by atoms with Crippen LogP contribution in [0.25, 0.3) is 11.0 Å². The van der Waals surface area contributed by atoms with E-state index in [1.54, 1.807) is 26.1 Å².